The van der Waals surface area contributed by atoms with Gasteiger partial charge in [-0.15, -0.1) is 0 Å². The van der Waals surface area contributed by atoms with E-state index in [0.717, 1.165) is 20.1 Å². The zero-order chi connectivity index (χ0) is 8.83. The van der Waals surface area contributed by atoms with Gasteiger partial charge in [-0.25, -0.2) is 0 Å². The first kappa shape index (κ1) is 16.5. The highest BCUT2D eigenvalue weighted by Gasteiger charge is 1.66. The van der Waals surface area contributed by atoms with Crippen LogP contribution in [-0.2, 0) is 4.74 Å². The number of rotatable bonds is 2. The van der Waals surface area contributed by atoms with Crippen molar-refractivity contribution in [2.75, 3.05) is 20.8 Å². The van der Waals surface area contributed by atoms with E-state index in [4.69, 9.17) is 9.84 Å². The van der Waals surface area contributed by atoms with E-state index in [1.807, 2.05) is 0 Å². The Hall–Kier alpha value is -0.0800. The SMILES string of the molecule is CCC.CCCOC.C[O-]. The molecule has 0 atom stereocenters. The molecule has 0 amide bonds. The molecule has 0 unspecified atom stereocenters. The molecule has 0 rings (SSSR count). The van der Waals surface area contributed by atoms with E-state index >= 15 is 0 Å². The second-order valence-electron chi connectivity index (χ2n) is 1.70. The monoisotopic (exact) mass is 149 g/mol. The molecule has 0 saturated carbocycles. The summed E-state index contributed by atoms with van der Waals surface area (Å²) in [4.78, 5) is 0. The molecule has 0 spiro atoms. The van der Waals surface area contributed by atoms with Gasteiger partial charge in [0.2, 0.25) is 0 Å². The summed E-state index contributed by atoms with van der Waals surface area (Å²) in [6, 6.07) is 0. The molecule has 10 heavy (non-hydrogen) atoms. The molecule has 66 valence electrons. The van der Waals surface area contributed by atoms with Gasteiger partial charge in [-0.1, -0.05) is 27.2 Å². The van der Waals surface area contributed by atoms with Crippen molar-refractivity contribution in [1.29, 1.82) is 0 Å². The van der Waals surface area contributed by atoms with Crippen molar-refractivity contribution in [1.82, 2.24) is 0 Å². The van der Waals surface area contributed by atoms with Crippen molar-refractivity contribution in [3.05, 3.63) is 0 Å². The third-order valence-corrected chi connectivity index (χ3v) is 0.408. The maximum atomic E-state index is 8.25. The van der Waals surface area contributed by atoms with Crippen LogP contribution in [0.4, 0.5) is 0 Å². The molecule has 0 fully saturated rings. The smallest absolute Gasteiger partial charge is 0.0459 e. The van der Waals surface area contributed by atoms with Crippen LogP contribution in [0.5, 0.6) is 0 Å². The van der Waals surface area contributed by atoms with Crippen LogP contribution in [0.2, 0.25) is 0 Å². The van der Waals surface area contributed by atoms with E-state index in [0.29, 0.717) is 0 Å². The minimum Gasteiger partial charge on any atom is -0.857 e. The summed E-state index contributed by atoms with van der Waals surface area (Å²) in [6.45, 7) is 7.23. The van der Waals surface area contributed by atoms with Gasteiger partial charge in [-0.05, 0) is 6.42 Å². The summed E-state index contributed by atoms with van der Waals surface area (Å²) < 4.78 is 4.69. The molecule has 0 aliphatic rings. The van der Waals surface area contributed by atoms with Crippen LogP contribution in [0, 0.1) is 0 Å². The molecular formula is C8H21O2-. The molecule has 2 heteroatoms. The summed E-state index contributed by atoms with van der Waals surface area (Å²) in [5.74, 6) is 0. The first-order chi connectivity index (χ1) is 4.83. The molecule has 0 heterocycles. The van der Waals surface area contributed by atoms with Gasteiger partial charge in [-0.2, -0.15) is 7.11 Å². The highest BCUT2D eigenvalue weighted by atomic mass is 16.5. The van der Waals surface area contributed by atoms with Crippen molar-refractivity contribution < 1.29 is 9.84 Å². The quantitative estimate of drug-likeness (QED) is 0.595. The standard InChI is InChI=1S/C4H10O.C3H8.CH3O/c1-3-4-5-2;1-3-2;1-2/h3-4H2,1-2H3;3H2,1-2H3;1H3/q;;-1. The molecule has 0 saturated heterocycles. The molecular weight excluding hydrogens is 128 g/mol. The molecule has 2 nitrogen and oxygen atoms in total. The maximum Gasteiger partial charge on any atom is 0.0459 e. The largest absolute Gasteiger partial charge is 0.857 e. The Labute approximate surface area is 65.2 Å². The van der Waals surface area contributed by atoms with E-state index < -0.39 is 0 Å². The highest BCUT2D eigenvalue weighted by molar-refractivity contribution is 4.15. The third-order valence-electron chi connectivity index (χ3n) is 0.408. The Morgan fingerprint density at radius 3 is 1.40 bits per heavy atom. The summed E-state index contributed by atoms with van der Waals surface area (Å²) in [6.07, 6.45) is 2.37. The van der Waals surface area contributed by atoms with E-state index in [9.17, 15) is 0 Å². The highest BCUT2D eigenvalue weighted by Crippen LogP contribution is 1.70. The van der Waals surface area contributed by atoms with Crippen molar-refractivity contribution >= 4 is 0 Å². The first-order valence-corrected chi connectivity index (χ1v) is 3.73. The normalized spacial score (nSPS) is 6.60. The Kier molecular flexibility index (Phi) is 60.0. The van der Waals surface area contributed by atoms with Crippen molar-refractivity contribution in [3.63, 3.8) is 0 Å². The lowest BCUT2D eigenvalue weighted by atomic mass is 10.5. The van der Waals surface area contributed by atoms with Crippen LogP contribution < -0.4 is 5.11 Å². The van der Waals surface area contributed by atoms with Crippen molar-refractivity contribution in [2.24, 2.45) is 0 Å². The molecule has 0 N–H and O–H groups in total. The Balaban J connectivity index is -0.0000000847. The number of hydrogen-bond acceptors (Lipinski definition) is 2. The van der Waals surface area contributed by atoms with E-state index in [1.165, 1.54) is 6.42 Å². The Morgan fingerprint density at radius 1 is 1.10 bits per heavy atom. The summed E-state index contributed by atoms with van der Waals surface area (Å²) >= 11 is 0. The average molecular weight is 149 g/mol. The molecule has 0 radical (unpaired) electrons. The molecule has 0 aliphatic heterocycles. The predicted octanol–water partition coefficient (Wildman–Crippen LogP) is 1.44. The topological polar surface area (TPSA) is 32.3 Å². The summed E-state index contributed by atoms with van der Waals surface area (Å²) in [5, 5.41) is 8.25. The van der Waals surface area contributed by atoms with Gasteiger partial charge in [0.1, 0.15) is 0 Å². The number of hydrogen-bond donors (Lipinski definition) is 0. The van der Waals surface area contributed by atoms with Crippen LogP contribution in [0.3, 0.4) is 0 Å². The zero-order valence-corrected chi connectivity index (χ0v) is 7.94. The molecule has 0 aliphatic carbocycles. The minimum absolute atomic E-state index is 0.750. The van der Waals surface area contributed by atoms with Gasteiger partial charge in [0.25, 0.3) is 0 Å². The van der Waals surface area contributed by atoms with Crippen LogP contribution >= 0.6 is 0 Å². The fourth-order valence-electron chi connectivity index (χ4n) is 0.204. The fraction of sp³-hybridized carbons (Fsp3) is 1.00. The lowest BCUT2D eigenvalue weighted by Crippen LogP contribution is -1.81. The Morgan fingerprint density at radius 2 is 1.40 bits per heavy atom. The van der Waals surface area contributed by atoms with Crippen LogP contribution in [-0.4, -0.2) is 20.8 Å². The Bertz CT molecular complexity index is 21.2. The second-order valence-corrected chi connectivity index (χ2v) is 1.70. The fourth-order valence-corrected chi connectivity index (χ4v) is 0.204. The number of methoxy groups -OCH3 is 1. The average Bonchev–Trinajstić information content (AvgIpc) is 1.96. The second kappa shape index (κ2) is 36.4. The molecule has 0 aromatic heterocycles. The lowest BCUT2D eigenvalue weighted by molar-refractivity contribution is -0.325. The van der Waals surface area contributed by atoms with Gasteiger partial charge < -0.3 is 9.84 Å². The van der Waals surface area contributed by atoms with E-state index in [2.05, 4.69) is 20.8 Å². The summed E-state index contributed by atoms with van der Waals surface area (Å²) in [7, 11) is 2.46. The predicted molar refractivity (Wildman–Crippen MR) is 44.1 cm³/mol. The lowest BCUT2D eigenvalue weighted by Gasteiger charge is -1.84. The maximum absolute atomic E-state index is 8.25. The van der Waals surface area contributed by atoms with E-state index in [-0.39, 0.29) is 0 Å². The van der Waals surface area contributed by atoms with Gasteiger partial charge >= 0.3 is 0 Å². The van der Waals surface area contributed by atoms with Gasteiger partial charge in [0.05, 0.1) is 0 Å². The minimum atomic E-state index is 0.750. The van der Waals surface area contributed by atoms with Crippen molar-refractivity contribution in [2.45, 2.75) is 33.6 Å². The van der Waals surface area contributed by atoms with Crippen LogP contribution in [0.1, 0.15) is 33.6 Å². The third kappa shape index (κ3) is 103. The first-order valence-electron chi connectivity index (χ1n) is 3.73. The molecule has 0 bridgehead atoms. The zero-order valence-electron chi connectivity index (χ0n) is 7.94. The van der Waals surface area contributed by atoms with Gasteiger partial charge in [0.15, 0.2) is 0 Å². The van der Waals surface area contributed by atoms with Crippen molar-refractivity contribution in [3.8, 4) is 0 Å². The van der Waals surface area contributed by atoms with E-state index in [1.54, 1.807) is 7.11 Å². The summed E-state index contributed by atoms with van der Waals surface area (Å²) in [5.41, 5.74) is 0. The van der Waals surface area contributed by atoms with Crippen LogP contribution in [0.25, 0.3) is 0 Å². The van der Waals surface area contributed by atoms with Gasteiger partial charge in [-0.3, -0.25) is 0 Å². The number of ether oxygens (including phenoxy) is 1. The molecule has 0 aromatic rings. The van der Waals surface area contributed by atoms with Crippen LogP contribution in [0.15, 0.2) is 0 Å². The molecule has 0 aromatic carbocycles. The van der Waals surface area contributed by atoms with Gasteiger partial charge in [0, 0.05) is 13.7 Å².